The first-order valence-electron chi connectivity index (χ1n) is 10.5. The van der Waals surface area contributed by atoms with E-state index >= 15 is 0 Å². The van der Waals surface area contributed by atoms with Gasteiger partial charge in [0.15, 0.2) is 17.3 Å². The molecule has 0 bridgehead atoms. The van der Waals surface area contributed by atoms with Gasteiger partial charge in [-0.1, -0.05) is 32.0 Å². The minimum atomic E-state index is -0.710. The number of hydrogen-bond donors (Lipinski definition) is 0. The van der Waals surface area contributed by atoms with Gasteiger partial charge in [0, 0.05) is 12.0 Å². The van der Waals surface area contributed by atoms with Gasteiger partial charge >= 0.3 is 0 Å². The first kappa shape index (κ1) is 20.3. The number of nitrogens with zero attached hydrogens (tertiary/aromatic N) is 2. The highest BCUT2D eigenvalue weighted by Gasteiger charge is 2.44. The third-order valence-electron chi connectivity index (χ3n) is 6.40. The number of carbonyl (C=O) groups is 1. The van der Waals surface area contributed by atoms with Crippen LogP contribution in [0.5, 0.6) is 11.5 Å². The summed E-state index contributed by atoms with van der Waals surface area (Å²) in [6.45, 7) is 4.01. The molecule has 1 aliphatic heterocycles. The molecule has 3 aromatic rings. The summed E-state index contributed by atoms with van der Waals surface area (Å²) in [6, 6.07) is 11.4. The normalized spacial score (nSPS) is 19.1. The Morgan fingerprint density at radius 1 is 0.875 bits per heavy atom. The van der Waals surface area contributed by atoms with Crippen LogP contribution in [0.4, 0.5) is 0 Å². The highest BCUT2D eigenvalue weighted by molar-refractivity contribution is 6.04. The number of rotatable bonds is 3. The molecule has 2 aromatic carbocycles. The number of ether oxygens (including phenoxy) is 2. The minimum Gasteiger partial charge on any atom is -0.493 e. The van der Waals surface area contributed by atoms with Crippen molar-refractivity contribution in [2.24, 2.45) is 5.41 Å². The third kappa shape index (κ3) is 2.77. The van der Waals surface area contributed by atoms with Crippen molar-refractivity contribution in [2.75, 3.05) is 14.2 Å². The van der Waals surface area contributed by atoms with Crippen LogP contribution in [-0.2, 0) is 4.79 Å². The summed E-state index contributed by atoms with van der Waals surface area (Å²) >= 11 is 0. The standard InChI is InChI=1S/C25H24N2O5/c1-25(2)12-17-21(18(28)13-25)22(14-9-10-19(31-3)20(11-14)32-4)27-24(30)16-8-6-5-7-15(16)23(29)26(17)27/h5-11,22H,12-13H2,1-4H3. The monoisotopic (exact) mass is 432 g/mol. The highest BCUT2D eigenvalue weighted by Crippen LogP contribution is 2.47. The van der Waals surface area contributed by atoms with E-state index in [1.165, 1.54) is 16.5 Å². The van der Waals surface area contributed by atoms with Crippen molar-refractivity contribution >= 4 is 22.3 Å². The maximum atomic E-state index is 13.7. The molecule has 2 heterocycles. The van der Waals surface area contributed by atoms with Crippen molar-refractivity contribution in [2.45, 2.75) is 32.7 Å². The molecule has 164 valence electrons. The number of methoxy groups -OCH3 is 2. The molecule has 0 N–H and O–H groups in total. The fraction of sp³-hybridized carbons (Fsp3) is 0.320. The Morgan fingerprint density at radius 2 is 1.53 bits per heavy atom. The average Bonchev–Trinajstić information content (AvgIpc) is 3.11. The predicted molar refractivity (Wildman–Crippen MR) is 121 cm³/mol. The van der Waals surface area contributed by atoms with Crippen LogP contribution in [0, 0.1) is 5.41 Å². The van der Waals surface area contributed by atoms with Crippen molar-refractivity contribution < 1.29 is 14.3 Å². The van der Waals surface area contributed by atoms with Gasteiger partial charge in [-0.3, -0.25) is 14.4 Å². The SMILES string of the molecule is COc1ccc(C2C3=C(CC(C)(C)CC3=O)n3c(=O)c4ccccc4c(=O)n32)cc1OC. The molecular formula is C25H24N2O5. The predicted octanol–water partition coefficient (Wildman–Crippen LogP) is 3.38. The van der Waals surface area contributed by atoms with Crippen LogP contribution in [0.2, 0.25) is 0 Å². The molecule has 1 atom stereocenters. The van der Waals surface area contributed by atoms with Crippen LogP contribution in [-0.4, -0.2) is 29.4 Å². The summed E-state index contributed by atoms with van der Waals surface area (Å²) in [4.78, 5) is 40.6. The lowest BCUT2D eigenvalue weighted by Crippen LogP contribution is -2.37. The lowest BCUT2D eigenvalue weighted by molar-refractivity contribution is -0.118. The second-order valence-electron chi connectivity index (χ2n) is 9.13. The van der Waals surface area contributed by atoms with Crippen LogP contribution in [0.25, 0.3) is 16.5 Å². The van der Waals surface area contributed by atoms with Crippen molar-refractivity contribution in [3.8, 4) is 11.5 Å². The maximum absolute atomic E-state index is 13.7. The second kappa shape index (κ2) is 6.95. The fourth-order valence-corrected chi connectivity index (χ4v) is 5.02. The summed E-state index contributed by atoms with van der Waals surface area (Å²) in [6.07, 6.45) is 0.877. The number of Topliss-reactive ketones (excluding diaryl/α,β-unsaturated/α-hetero) is 1. The van der Waals surface area contributed by atoms with Gasteiger partial charge in [-0.05, 0) is 41.7 Å². The van der Waals surface area contributed by atoms with E-state index in [9.17, 15) is 14.4 Å². The van der Waals surface area contributed by atoms with Gasteiger partial charge in [0.1, 0.15) is 6.04 Å². The Bertz CT molecular complexity index is 1440. The molecule has 0 saturated carbocycles. The van der Waals surface area contributed by atoms with Crippen LogP contribution in [0.3, 0.4) is 0 Å². The molecule has 0 amide bonds. The molecule has 1 aromatic heterocycles. The quantitative estimate of drug-likeness (QED) is 0.634. The fourth-order valence-electron chi connectivity index (χ4n) is 5.02. The van der Waals surface area contributed by atoms with Gasteiger partial charge in [-0.25, -0.2) is 9.36 Å². The summed E-state index contributed by atoms with van der Waals surface area (Å²) < 4.78 is 13.7. The van der Waals surface area contributed by atoms with Crippen LogP contribution < -0.4 is 20.6 Å². The van der Waals surface area contributed by atoms with Gasteiger partial charge in [0.05, 0.1) is 30.7 Å². The lowest BCUT2D eigenvalue weighted by atomic mass is 9.74. The number of carbonyl (C=O) groups excluding carboxylic acids is 1. The second-order valence-corrected chi connectivity index (χ2v) is 9.13. The van der Waals surface area contributed by atoms with Gasteiger partial charge < -0.3 is 9.47 Å². The Morgan fingerprint density at radius 3 is 2.19 bits per heavy atom. The molecule has 0 fully saturated rings. The molecule has 2 aliphatic rings. The molecule has 7 heteroatoms. The van der Waals surface area contributed by atoms with E-state index in [0.29, 0.717) is 51.9 Å². The Kier molecular flexibility index (Phi) is 4.41. The van der Waals surface area contributed by atoms with E-state index < -0.39 is 6.04 Å². The van der Waals surface area contributed by atoms with Crippen LogP contribution in [0.1, 0.15) is 38.3 Å². The number of allylic oxidation sites excluding steroid dienone is 2. The van der Waals surface area contributed by atoms with E-state index in [-0.39, 0.29) is 22.3 Å². The average molecular weight is 432 g/mol. The molecule has 7 nitrogen and oxygen atoms in total. The summed E-state index contributed by atoms with van der Waals surface area (Å²) in [5, 5.41) is 0.690. The van der Waals surface area contributed by atoms with Crippen molar-refractivity contribution in [3.63, 3.8) is 0 Å². The van der Waals surface area contributed by atoms with Crippen molar-refractivity contribution in [3.05, 3.63) is 74.3 Å². The first-order valence-corrected chi connectivity index (χ1v) is 10.5. The molecule has 1 unspecified atom stereocenters. The zero-order valence-electron chi connectivity index (χ0n) is 18.5. The number of hydrogen-bond acceptors (Lipinski definition) is 5. The van der Waals surface area contributed by atoms with Crippen LogP contribution >= 0.6 is 0 Å². The van der Waals surface area contributed by atoms with E-state index in [4.69, 9.17) is 9.47 Å². The molecule has 0 radical (unpaired) electrons. The van der Waals surface area contributed by atoms with Gasteiger partial charge in [0.25, 0.3) is 11.1 Å². The summed E-state index contributed by atoms with van der Waals surface area (Å²) in [5.41, 5.74) is 0.895. The number of fused-ring (bicyclic) bond motifs is 3. The highest BCUT2D eigenvalue weighted by atomic mass is 16.5. The lowest BCUT2D eigenvalue weighted by Gasteiger charge is -2.30. The van der Waals surface area contributed by atoms with E-state index in [0.717, 1.165) is 0 Å². The van der Waals surface area contributed by atoms with E-state index in [1.54, 1.807) is 43.5 Å². The maximum Gasteiger partial charge on any atom is 0.277 e. The Labute approximate surface area is 184 Å². The Balaban J connectivity index is 1.88. The molecule has 5 rings (SSSR count). The molecular weight excluding hydrogens is 408 g/mol. The van der Waals surface area contributed by atoms with E-state index in [1.807, 2.05) is 19.9 Å². The molecule has 1 aliphatic carbocycles. The zero-order chi connectivity index (χ0) is 22.8. The van der Waals surface area contributed by atoms with Crippen molar-refractivity contribution in [1.29, 1.82) is 0 Å². The molecule has 32 heavy (non-hydrogen) atoms. The number of ketones is 1. The van der Waals surface area contributed by atoms with Crippen molar-refractivity contribution in [1.82, 2.24) is 9.36 Å². The summed E-state index contributed by atoms with van der Waals surface area (Å²) in [5.74, 6) is 0.989. The van der Waals surface area contributed by atoms with Gasteiger partial charge in [-0.15, -0.1) is 0 Å². The number of aromatic nitrogens is 2. The Hall–Kier alpha value is -3.61. The van der Waals surface area contributed by atoms with Crippen LogP contribution in [0.15, 0.2) is 57.6 Å². The number of benzene rings is 2. The third-order valence-corrected chi connectivity index (χ3v) is 6.40. The minimum absolute atomic E-state index is 0.0462. The first-order chi connectivity index (χ1) is 15.3. The smallest absolute Gasteiger partial charge is 0.277 e. The summed E-state index contributed by atoms with van der Waals surface area (Å²) in [7, 11) is 3.08. The zero-order valence-corrected chi connectivity index (χ0v) is 18.5. The van der Waals surface area contributed by atoms with E-state index in [2.05, 4.69) is 0 Å². The largest absolute Gasteiger partial charge is 0.493 e. The molecule has 0 spiro atoms. The van der Waals surface area contributed by atoms with Gasteiger partial charge in [0.2, 0.25) is 0 Å². The van der Waals surface area contributed by atoms with Gasteiger partial charge in [-0.2, -0.15) is 0 Å². The molecule has 0 saturated heterocycles. The topological polar surface area (TPSA) is 79.5 Å².